The minimum Gasteiger partial charge on any atom is -0.303 e. The van der Waals surface area contributed by atoms with E-state index in [1.54, 1.807) is 24.3 Å². The fourth-order valence-corrected chi connectivity index (χ4v) is 2.24. The number of rotatable bonds is 2. The summed E-state index contributed by atoms with van der Waals surface area (Å²) in [6, 6.07) is 8.84. The largest absolute Gasteiger partial charge is 0.406 e. The monoisotopic (exact) mass is 229 g/mol. The molecule has 0 aromatic heterocycles. The molecule has 1 fully saturated rings. The Morgan fingerprint density at radius 1 is 1.19 bits per heavy atom. The molecule has 0 saturated carbocycles. The van der Waals surface area contributed by atoms with Crippen molar-refractivity contribution in [2.75, 3.05) is 6.54 Å². The molecule has 0 radical (unpaired) electrons. The van der Waals surface area contributed by atoms with Gasteiger partial charge in [0.2, 0.25) is 0 Å². The molecule has 1 aromatic carbocycles. The van der Waals surface area contributed by atoms with Crippen molar-refractivity contribution in [3.63, 3.8) is 0 Å². The molecule has 0 amide bonds. The van der Waals surface area contributed by atoms with E-state index in [1.165, 1.54) is 0 Å². The smallest absolute Gasteiger partial charge is 0.303 e. The van der Waals surface area contributed by atoms with Gasteiger partial charge in [0.25, 0.3) is 0 Å². The fourth-order valence-electron chi connectivity index (χ4n) is 2.24. The lowest BCUT2D eigenvalue weighted by Crippen LogP contribution is -2.54. The maximum atomic E-state index is 13.0. The zero-order valence-corrected chi connectivity index (χ0v) is 8.85. The first-order valence-corrected chi connectivity index (χ1v) is 5.39. The van der Waals surface area contributed by atoms with Crippen LogP contribution in [0.25, 0.3) is 0 Å². The zero-order chi connectivity index (χ0) is 11.6. The highest BCUT2D eigenvalue weighted by molar-refractivity contribution is 5.20. The molecule has 1 atom stereocenters. The minimum absolute atomic E-state index is 0.0251. The van der Waals surface area contributed by atoms with Gasteiger partial charge in [-0.15, -0.1) is 0 Å². The first kappa shape index (κ1) is 11.5. The Morgan fingerprint density at radius 3 is 2.38 bits per heavy atom. The van der Waals surface area contributed by atoms with E-state index in [9.17, 15) is 13.2 Å². The van der Waals surface area contributed by atoms with E-state index < -0.39 is 11.7 Å². The average Bonchev–Trinajstić information content (AvgIpc) is 2.68. The van der Waals surface area contributed by atoms with E-state index >= 15 is 0 Å². The summed E-state index contributed by atoms with van der Waals surface area (Å²) in [5.41, 5.74) is -0.983. The third-order valence-electron chi connectivity index (χ3n) is 3.14. The Morgan fingerprint density at radius 2 is 1.88 bits per heavy atom. The Balaban J connectivity index is 2.22. The Bertz CT molecular complexity index is 339. The van der Waals surface area contributed by atoms with Crippen molar-refractivity contribution >= 4 is 0 Å². The highest BCUT2D eigenvalue weighted by Gasteiger charge is 2.55. The quantitative estimate of drug-likeness (QED) is 0.822. The Labute approximate surface area is 92.7 Å². The van der Waals surface area contributed by atoms with E-state index in [4.69, 9.17) is 0 Å². The molecule has 1 unspecified atom stereocenters. The number of alkyl halides is 3. The predicted molar refractivity (Wildman–Crippen MR) is 56.2 cm³/mol. The molecule has 16 heavy (non-hydrogen) atoms. The van der Waals surface area contributed by atoms with E-state index in [1.807, 2.05) is 6.07 Å². The first-order chi connectivity index (χ1) is 7.54. The molecule has 1 N–H and O–H groups in total. The molecule has 1 aromatic rings. The lowest BCUT2D eigenvalue weighted by atomic mass is 9.88. The lowest BCUT2D eigenvalue weighted by molar-refractivity contribution is -0.191. The van der Waals surface area contributed by atoms with E-state index in [2.05, 4.69) is 5.32 Å². The van der Waals surface area contributed by atoms with Crippen LogP contribution < -0.4 is 5.32 Å². The van der Waals surface area contributed by atoms with Crippen molar-refractivity contribution in [3.8, 4) is 0 Å². The standard InChI is InChI=1S/C12H14F3N/c13-12(14,15)11(7-4-8-16-11)9-10-5-2-1-3-6-10/h1-3,5-6,16H,4,7-9H2. The average molecular weight is 229 g/mol. The molecule has 1 aliphatic heterocycles. The van der Waals surface area contributed by atoms with Crippen LogP contribution in [0.3, 0.4) is 0 Å². The summed E-state index contributed by atoms with van der Waals surface area (Å²) in [7, 11) is 0. The van der Waals surface area contributed by atoms with Crippen LogP contribution in [0.5, 0.6) is 0 Å². The summed E-state index contributed by atoms with van der Waals surface area (Å²) in [6.07, 6.45) is -3.39. The second-order valence-corrected chi connectivity index (χ2v) is 4.27. The molecule has 1 aliphatic rings. The normalized spacial score (nSPS) is 25.9. The van der Waals surface area contributed by atoms with Gasteiger partial charge in [-0.1, -0.05) is 30.3 Å². The second-order valence-electron chi connectivity index (χ2n) is 4.27. The van der Waals surface area contributed by atoms with Gasteiger partial charge in [0.15, 0.2) is 0 Å². The summed E-state index contributed by atoms with van der Waals surface area (Å²) in [5.74, 6) is 0. The molecule has 2 rings (SSSR count). The maximum absolute atomic E-state index is 13.0. The SMILES string of the molecule is FC(F)(F)C1(Cc2ccccc2)CCCN1. The Hall–Kier alpha value is -1.03. The van der Waals surface area contributed by atoms with Crippen molar-refractivity contribution in [3.05, 3.63) is 35.9 Å². The van der Waals surface area contributed by atoms with Crippen LogP contribution >= 0.6 is 0 Å². The Kier molecular flexibility index (Phi) is 2.93. The highest BCUT2D eigenvalue weighted by atomic mass is 19.4. The van der Waals surface area contributed by atoms with Gasteiger partial charge in [0, 0.05) is 0 Å². The predicted octanol–water partition coefficient (Wildman–Crippen LogP) is 2.91. The van der Waals surface area contributed by atoms with E-state index in [0.29, 0.717) is 13.0 Å². The van der Waals surface area contributed by atoms with Crippen LogP contribution in [0.2, 0.25) is 0 Å². The molecule has 1 nitrogen and oxygen atoms in total. The first-order valence-electron chi connectivity index (χ1n) is 5.39. The van der Waals surface area contributed by atoms with Gasteiger partial charge in [-0.2, -0.15) is 13.2 Å². The third-order valence-corrected chi connectivity index (χ3v) is 3.14. The van der Waals surface area contributed by atoms with Crippen molar-refractivity contribution in [2.24, 2.45) is 0 Å². The summed E-state index contributed by atoms with van der Waals surface area (Å²) in [5, 5.41) is 2.63. The van der Waals surface area contributed by atoms with Gasteiger partial charge in [-0.05, 0) is 31.4 Å². The number of hydrogen-bond acceptors (Lipinski definition) is 1. The minimum atomic E-state index is -4.18. The van der Waals surface area contributed by atoms with Gasteiger partial charge in [0.05, 0.1) is 0 Å². The van der Waals surface area contributed by atoms with Crippen molar-refractivity contribution < 1.29 is 13.2 Å². The van der Waals surface area contributed by atoms with Gasteiger partial charge in [-0.25, -0.2) is 0 Å². The van der Waals surface area contributed by atoms with Crippen molar-refractivity contribution in [1.29, 1.82) is 0 Å². The molecule has 1 saturated heterocycles. The van der Waals surface area contributed by atoms with E-state index in [-0.39, 0.29) is 12.8 Å². The molecule has 4 heteroatoms. The number of halogens is 3. The summed E-state index contributed by atoms with van der Waals surface area (Å²) < 4.78 is 39.1. The van der Waals surface area contributed by atoms with Crippen LogP contribution in [0.15, 0.2) is 30.3 Å². The van der Waals surface area contributed by atoms with Gasteiger partial charge < -0.3 is 5.32 Å². The number of nitrogens with one attached hydrogen (secondary N) is 1. The van der Waals surface area contributed by atoms with Crippen LogP contribution in [0.1, 0.15) is 18.4 Å². The summed E-state index contributed by atoms with van der Waals surface area (Å²) in [6.45, 7) is 0.451. The number of hydrogen-bond donors (Lipinski definition) is 1. The molecule has 1 heterocycles. The van der Waals surface area contributed by atoms with Crippen molar-refractivity contribution in [1.82, 2.24) is 5.32 Å². The van der Waals surface area contributed by atoms with Gasteiger partial charge >= 0.3 is 6.18 Å². The van der Waals surface area contributed by atoms with E-state index in [0.717, 1.165) is 5.56 Å². The van der Waals surface area contributed by atoms with Crippen LogP contribution in [-0.2, 0) is 6.42 Å². The summed E-state index contributed by atoms with van der Waals surface area (Å²) in [4.78, 5) is 0. The van der Waals surface area contributed by atoms with Crippen LogP contribution in [-0.4, -0.2) is 18.3 Å². The fraction of sp³-hybridized carbons (Fsp3) is 0.500. The molecule has 0 spiro atoms. The molecule has 88 valence electrons. The molecular formula is C12H14F3N. The molecular weight excluding hydrogens is 215 g/mol. The van der Waals surface area contributed by atoms with Crippen molar-refractivity contribution in [2.45, 2.75) is 31.0 Å². The van der Waals surface area contributed by atoms with Gasteiger partial charge in [-0.3, -0.25) is 0 Å². The third kappa shape index (κ3) is 2.07. The van der Waals surface area contributed by atoms with Crippen LogP contribution in [0, 0.1) is 0 Å². The maximum Gasteiger partial charge on any atom is 0.406 e. The molecule has 0 bridgehead atoms. The number of benzene rings is 1. The zero-order valence-electron chi connectivity index (χ0n) is 8.85. The lowest BCUT2D eigenvalue weighted by Gasteiger charge is -2.32. The highest BCUT2D eigenvalue weighted by Crippen LogP contribution is 2.39. The molecule has 0 aliphatic carbocycles. The summed E-state index contributed by atoms with van der Waals surface area (Å²) >= 11 is 0. The second kappa shape index (κ2) is 4.09. The topological polar surface area (TPSA) is 12.0 Å². The van der Waals surface area contributed by atoms with Crippen LogP contribution in [0.4, 0.5) is 13.2 Å². The van der Waals surface area contributed by atoms with Gasteiger partial charge in [0.1, 0.15) is 5.54 Å².